The summed E-state index contributed by atoms with van der Waals surface area (Å²) >= 11 is 0. The molecular weight excluding hydrogens is 270 g/mol. The van der Waals surface area contributed by atoms with Crippen molar-refractivity contribution >= 4 is 11.9 Å². The molecule has 114 valence electrons. The highest BCUT2D eigenvalue weighted by molar-refractivity contribution is 5.85. The van der Waals surface area contributed by atoms with Gasteiger partial charge in [-0.2, -0.15) is 5.10 Å². The molecule has 1 aliphatic rings. The van der Waals surface area contributed by atoms with E-state index in [2.05, 4.69) is 16.5 Å². The van der Waals surface area contributed by atoms with Crippen LogP contribution in [0.15, 0.2) is 23.9 Å². The van der Waals surface area contributed by atoms with Crippen molar-refractivity contribution in [3.05, 3.63) is 29.6 Å². The largest absolute Gasteiger partial charge is 0.476 e. The number of nitrogens with zero attached hydrogens (tertiary/aromatic N) is 2. The predicted molar refractivity (Wildman–Crippen MR) is 78.1 cm³/mol. The van der Waals surface area contributed by atoms with Gasteiger partial charge in [0.25, 0.3) is 0 Å². The van der Waals surface area contributed by atoms with Crippen molar-refractivity contribution in [2.75, 3.05) is 6.54 Å². The van der Waals surface area contributed by atoms with Crippen LogP contribution in [0.1, 0.15) is 55.6 Å². The number of carboxylic acid groups (broad SMARTS) is 1. The van der Waals surface area contributed by atoms with Gasteiger partial charge in [0.2, 0.25) is 5.91 Å². The van der Waals surface area contributed by atoms with Gasteiger partial charge in [0.1, 0.15) is 6.04 Å². The third kappa shape index (κ3) is 4.18. The molecule has 0 bridgehead atoms. The van der Waals surface area contributed by atoms with E-state index in [0.717, 1.165) is 19.3 Å². The average Bonchev–Trinajstić information content (AvgIpc) is 2.97. The minimum atomic E-state index is -1.09. The summed E-state index contributed by atoms with van der Waals surface area (Å²) in [6.07, 6.45) is 9.44. The van der Waals surface area contributed by atoms with Crippen molar-refractivity contribution in [1.82, 2.24) is 15.1 Å². The standard InChI is InChI=1S/C15H21N3O3/c1-11(18-10-8-13(17-18)15(20)21)14(19)16-9-7-12-5-3-2-4-6-12/h5,8,10-11H,2-4,6-7,9H2,1H3,(H,16,19)(H,20,21). The molecule has 2 N–H and O–H groups in total. The number of rotatable bonds is 6. The molecule has 0 saturated heterocycles. The fourth-order valence-corrected chi connectivity index (χ4v) is 2.41. The average molecular weight is 291 g/mol. The van der Waals surface area contributed by atoms with Gasteiger partial charge in [-0.05, 0) is 45.1 Å². The quantitative estimate of drug-likeness (QED) is 0.786. The Kier molecular flexibility index (Phi) is 5.14. The van der Waals surface area contributed by atoms with E-state index in [-0.39, 0.29) is 11.6 Å². The Labute approximate surface area is 123 Å². The van der Waals surface area contributed by atoms with Crippen LogP contribution in [0.4, 0.5) is 0 Å². The van der Waals surface area contributed by atoms with Crippen molar-refractivity contribution in [3.63, 3.8) is 0 Å². The van der Waals surface area contributed by atoms with Crippen molar-refractivity contribution in [3.8, 4) is 0 Å². The van der Waals surface area contributed by atoms with Gasteiger partial charge in [-0.1, -0.05) is 11.6 Å². The smallest absolute Gasteiger partial charge is 0.356 e. The molecule has 0 spiro atoms. The second-order valence-corrected chi connectivity index (χ2v) is 5.31. The van der Waals surface area contributed by atoms with E-state index in [0.29, 0.717) is 6.54 Å². The van der Waals surface area contributed by atoms with E-state index in [1.165, 1.54) is 35.4 Å². The van der Waals surface area contributed by atoms with Crippen LogP contribution >= 0.6 is 0 Å². The zero-order valence-corrected chi connectivity index (χ0v) is 12.2. The summed E-state index contributed by atoms with van der Waals surface area (Å²) in [7, 11) is 0. The normalized spacial score (nSPS) is 16.1. The van der Waals surface area contributed by atoms with Crippen LogP contribution in [0.3, 0.4) is 0 Å². The highest BCUT2D eigenvalue weighted by atomic mass is 16.4. The first-order valence-electron chi connectivity index (χ1n) is 7.32. The molecule has 1 atom stereocenters. The van der Waals surface area contributed by atoms with E-state index in [9.17, 15) is 9.59 Å². The van der Waals surface area contributed by atoms with Crippen molar-refractivity contribution in [2.24, 2.45) is 0 Å². The van der Waals surface area contributed by atoms with E-state index in [1.807, 2.05) is 0 Å². The second kappa shape index (κ2) is 7.06. The summed E-state index contributed by atoms with van der Waals surface area (Å²) in [5.41, 5.74) is 1.36. The zero-order chi connectivity index (χ0) is 15.2. The monoisotopic (exact) mass is 291 g/mol. The Morgan fingerprint density at radius 3 is 2.90 bits per heavy atom. The molecular formula is C15H21N3O3. The maximum Gasteiger partial charge on any atom is 0.356 e. The summed E-state index contributed by atoms with van der Waals surface area (Å²) in [6.45, 7) is 2.32. The summed E-state index contributed by atoms with van der Waals surface area (Å²) in [5.74, 6) is -1.24. The van der Waals surface area contributed by atoms with E-state index >= 15 is 0 Å². The highest BCUT2D eigenvalue weighted by Crippen LogP contribution is 2.19. The van der Waals surface area contributed by atoms with Gasteiger partial charge < -0.3 is 10.4 Å². The van der Waals surface area contributed by atoms with Gasteiger partial charge in [-0.15, -0.1) is 0 Å². The SMILES string of the molecule is CC(C(=O)NCCC1=CCCCC1)n1ccc(C(=O)O)n1. The first-order chi connectivity index (χ1) is 10.1. The summed E-state index contributed by atoms with van der Waals surface area (Å²) in [5, 5.41) is 15.6. The number of hydrogen-bond donors (Lipinski definition) is 2. The zero-order valence-electron chi connectivity index (χ0n) is 12.2. The van der Waals surface area contributed by atoms with Crippen molar-refractivity contribution in [1.29, 1.82) is 0 Å². The number of allylic oxidation sites excluding steroid dienone is 1. The molecule has 1 heterocycles. The molecule has 1 amide bonds. The third-order valence-electron chi connectivity index (χ3n) is 3.73. The fourth-order valence-electron chi connectivity index (χ4n) is 2.41. The Bertz CT molecular complexity index is 548. The molecule has 0 aliphatic heterocycles. The van der Waals surface area contributed by atoms with Crippen LogP contribution in [-0.2, 0) is 4.79 Å². The van der Waals surface area contributed by atoms with Crippen LogP contribution in [0, 0.1) is 0 Å². The van der Waals surface area contributed by atoms with Crippen molar-refractivity contribution < 1.29 is 14.7 Å². The minimum absolute atomic E-state index is 0.0537. The lowest BCUT2D eigenvalue weighted by Gasteiger charge is -2.15. The Hall–Kier alpha value is -2.11. The summed E-state index contributed by atoms with van der Waals surface area (Å²) < 4.78 is 1.37. The highest BCUT2D eigenvalue weighted by Gasteiger charge is 2.17. The number of carbonyl (C=O) groups is 2. The molecule has 2 rings (SSSR count). The Morgan fingerprint density at radius 2 is 2.29 bits per heavy atom. The van der Waals surface area contributed by atoms with Gasteiger partial charge in [-0.25, -0.2) is 4.79 Å². The Balaban J connectivity index is 1.81. The van der Waals surface area contributed by atoms with Crippen molar-refractivity contribution in [2.45, 2.75) is 45.1 Å². The van der Waals surface area contributed by atoms with Crippen LogP contribution in [0.25, 0.3) is 0 Å². The van der Waals surface area contributed by atoms with Gasteiger partial charge in [0.05, 0.1) is 0 Å². The first kappa shape index (κ1) is 15.3. The first-order valence-corrected chi connectivity index (χ1v) is 7.32. The number of aromatic carboxylic acids is 1. The van der Waals surface area contributed by atoms with Crippen LogP contribution < -0.4 is 5.32 Å². The van der Waals surface area contributed by atoms with Gasteiger partial charge >= 0.3 is 5.97 Å². The molecule has 6 heteroatoms. The minimum Gasteiger partial charge on any atom is -0.476 e. The number of amides is 1. The second-order valence-electron chi connectivity index (χ2n) is 5.31. The molecule has 1 aromatic rings. The molecule has 0 aromatic carbocycles. The lowest BCUT2D eigenvalue weighted by atomic mass is 9.97. The van der Waals surface area contributed by atoms with Gasteiger partial charge in [0, 0.05) is 12.7 Å². The van der Waals surface area contributed by atoms with E-state index < -0.39 is 12.0 Å². The van der Waals surface area contributed by atoms with E-state index in [4.69, 9.17) is 5.11 Å². The molecule has 0 saturated carbocycles. The maximum absolute atomic E-state index is 12.0. The topological polar surface area (TPSA) is 84.2 Å². The third-order valence-corrected chi connectivity index (χ3v) is 3.73. The van der Waals surface area contributed by atoms with Crippen LogP contribution in [0.2, 0.25) is 0 Å². The molecule has 6 nitrogen and oxygen atoms in total. The molecule has 0 fully saturated rings. The Morgan fingerprint density at radius 1 is 1.48 bits per heavy atom. The molecule has 1 aliphatic carbocycles. The molecule has 1 aromatic heterocycles. The predicted octanol–water partition coefficient (Wildman–Crippen LogP) is 2.15. The number of nitrogens with one attached hydrogen (secondary N) is 1. The lowest BCUT2D eigenvalue weighted by molar-refractivity contribution is -0.124. The van der Waals surface area contributed by atoms with E-state index in [1.54, 1.807) is 6.92 Å². The van der Waals surface area contributed by atoms with Crippen LogP contribution in [0.5, 0.6) is 0 Å². The lowest BCUT2D eigenvalue weighted by Crippen LogP contribution is -2.32. The summed E-state index contributed by atoms with van der Waals surface area (Å²) in [4.78, 5) is 22.8. The number of carbonyl (C=O) groups excluding carboxylic acids is 1. The number of carboxylic acids is 1. The fraction of sp³-hybridized carbons (Fsp3) is 0.533. The molecule has 21 heavy (non-hydrogen) atoms. The van der Waals surface area contributed by atoms with Gasteiger partial charge in [-0.3, -0.25) is 9.48 Å². The van der Waals surface area contributed by atoms with Crippen LogP contribution in [-0.4, -0.2) is 33.3 Å². The maximum atomic E-state index is 12.0. The summed E-state index contributed by atoms with van der Waals surface area (Å²) in [6, 6.07) is 0.873. The number of hydrogen-bond acceptors (Lipinski definition) is 3. The molecule has 1 unspecified atom stereocenters. The number of aromatic nitrogens is 2. The molecule has 0 radical (unpaired) electrons. The van der Waals surface area contributed by atoms with Gasteiger partial charge in [0.15, 0.2) is 5.69 Å².